The second-order valence-corrected chi connectivity index (χ2v) is 6.05. The maximum atomic E-state index is 12.2. The molecule has 0 heterocycles. The lowest BCUT2D eigenvalue weighted by Gasteiger charge is -2.32. The second kappa shape index (κ2) is 6.55. The van der Waals surface area contributed by atoms with Crippen LogP contribution in [-0.4, -0.2) is 18.1 Å². The molecule has 2 aliphatic rings. The molecule has 104 valence electrons. The van der Waals surface area contributed by atoms with E-state index in [1.165, 1.54) is 19.3 Å². The molecule has 4 unspecified atom stereocenters. The van der Waals surface area contributed by atoms with Crippen molar-refractivity contribution in [2.45, 2.75) is 76.9 Å². The minimum atomic E-state index is -0.0410. The van der Waals surface area contributed by atoms with Crippen LogP contribution in [0.15, 0.2) is 0 Å². The van der Waals surface area contributed by atoms with E-state index < -0.39 is 0 Å². The van der Waals surface area contributed by atoms with Crippen LogP contribution in [-0.2, 0) is 9.53 Å². The fourth-order valence-corrected chi connectivity index (χ4v) is 3.42. The number of hydrogen-bond donors (Lipinski definition) is 1. The standard InChI is InChI=1S/C15H27NO2/c1-2-11-6-5-7-12(10-11)18-15(17)13-8-3-4-9-14(13)16/h11-14H,2-10,16H2,1H3. The summed E-state index contributed by atoms with van der Waals surface area (Å²) in [7, 11) is 0. The minimum Gasteiger partial charge on any atom is -0.462 e. The molecule has 3 nitrogen and oxygen atoms in total. The van der Waals surface area contributed by atoms with Crippen LogP contribution in [0.5, 0.6) is 0 Å². The Balaban J connectivity index is 1.82. The molecule has 0 aromatic rings. The molecule has 2 N–H and O–H groups in total. The van der Waals surface area contributed by atoms with E-state index >= 15 is 0 Å². The van der Waals surface area contributed by atoms with E-state index in [2.05, 4.69) is 6.92 Å². The normalized spacial score (nSPS) is 37.2. The second-order valence-electron chi connectivity index (χ2n) is 6.05. The summed E-state index contributed by atoms with van der Waals surface area (Å²) >= 11 is 0. The first-order valence-electron chi connectivity index (χ1n) is 7.66. The van der Waals surface area contributed by atoms with Crippen LogP contribution in [0.1, 0.15) is 64.7 Å². The van der Waals surface area contributed by atoms with Crippen molar-refractivity contribution < 1.29 is 9.53 Å². The summed E-state index contributed by atoms with van der Waals surface area (Å²) in [6.45, 7) is 2.23. The van der Waals surface area contributed by atoms with Gasteiger partial charge in [-0.15, -0.1) is 0 Å². The molecule has 0 radical (unpaired) electrons. The molecule has 3 heteroatoms. The molecule has 2 aliphatic carbocycles. The SMILES string of the molecule is CCC1CCCC(OC(=O)C2CCCCC2N)C1. The predicted molar refractivity (Wildman–Crippen MR) is 72.1 cm³/mol. The van der Waals surface area contributed by atoms with Crippen LogP contribution < -0.4 is 5.73 Å². The summed E-state index contributed by atoms with van der Waals surface area (Å²) in [6, 6.07) is 0.0248. The topological polar surface area (TPSA) is 52.3 Å². The van der Waals surface area contributed by atoms with Crippen LogP contribution in [0.2, 0.25) is 0 Å². The number of esters is 1. The molecule has 2 fully saturated rings. The molecule has 0 saturated heterocycles. The van der Waals surface area contributed by atoms with E-state index in [9.17, 15) is 4.79 Å². The van der Waals surface area contributed by atoms with Crippen molar-refractivity contribution >= 4 is 5.97 Å². The Hall–Kier alpha value is -0.570. The molecule has 4 atom stereocenters. The maximum absolute atomic E-state index is 12.2. The van der Waals surface area contributed by atoms with Gasteiger partial charge in [-0.25, -0.2) is 0 Å². The number of ether oxygens (including phenoxy) is 1. The molecule has 0 bridgehead atoms. The quantitative estimate of drug-likeness (QED) is 0.787. The summed E-state index contributed by atoms with van der Waals surface area (Å²) in [5, 5.41) is 0. The predicted octanol–water partition coefficient (Wildman–Crippen LogP) is 3.02. The Kier molecular flexibility index (Phi) is 5.04. The molecule has 18 heavy (non-hydrogen) atoms. The van der Waals surface area contributed by atoms with Crippen LogP contribution in [0.4, 0.5) is 0 Å². The molecular formula is C15H27NO2. The minimum absolute atomic E-state index is 0.0241. The highest BCUT2D eigenvalue weighted by Crippen LogP contribution is 2.30. The molecule has 0 aliphatic heterocycles. The smallest absolute Gasteiger partial charge is 0.310 e. The number of carbonyl (C=O) groups excluding carboxylic acids is 1. The van der Waals surface area contributed by atoms with E-state index in [1.807, 2.05) is 0 Å². The number of hydrogen-bond acceptors (Lipinski definition) is 3. The summed E-state index contributed by atoms with van der Waals surface area (Å²) in [5.74, 6) is 0.682. The van der Waals surface area contributed by atoms with Crippen LogP contribution in [0, 0.1) is 11.8 Å². The van der Waals surface area contributed by atoms with Crippen molar-refractivity contribution in [3.8, 4) is 0 Å². The van der Waals surface area contributed by atoms with Crippen LogP contribution in [0.25, 0.3) is 0 Å². The van der Waals surface area contributed by atoms with Gasteiger partial charge in [-0.3, -0.25) is 4.79 Å². The zero-order valence-corrected chi connectivity index (χ0v) is 11.6. The molecular weight excluding hydrogens is 226 g/mol. The van der Waals surface area contributed by atoms with Crippen LogP contribution in [0.3, 0.4) is 0 Å². The summed E-state index contributed by atoms with van der Waals surface area (Å²) < 4.78 is 5.71. The van der Waals surface area contributed by atoms with Crippen molar-refractivity contribution in [1.82, 2.24) is 0 Å². The Morgan fingerprint density at radius 1 is 1.17 bits per heavy atom. The highest BCUT2D eigenvalue weighted by atomic mass is 16.5. The third-order valence-electron chi connectivity index (χ3n) is 4.72. The maximum Gasteiger partial charge on any atom is 0.310 e. The fraction of sp³-hybridized carbons (Fsp3) is 0.933. The van der Waals surface area contributed by atoms with Crippen molar-refractivity contribution in [3.05, 3.63) is 0 Å². The van der Waals surface area contributed by atoms with Gasteiger partial charge in [0.2, 0.25) is 0 Å². The summed E-state index contributed by atoms with van der Waals surface area (Å²) in [6.07, 6.45) is 10.1. The number of carbonyl (C=O) groups is 1. The van der Waals surface area contributed by atoms with E-state index in [0.29, 0.717) is 0 Å². The average Bonchev–Trinajstić information content (AvgIpc) is 2.39. The third kappa shape index (κ3) is 3.47. The Morgan fingerprint density at radius 3 is 2.67 bits per heavy atom. The summed E-state index contributed by atoms with van der Waals surface area (Å²) in [4.78, 5) is 12.2. The van der Waals surface area contributed by atoms with Gasteiger partial charge in [0.15, 0.2) is 0 Å². The van der Waals surface area contributed by atoms with Crippen LogP contribution >= 0.6 is 0 Å². The largest absolute Gasteiger partial charge is 0.462 e. The Morgan fingerprint density at radius 2 is 1.94 bits per heavy atom. The van der Waals surface area contributed by atoms with Gasteiger partial charge in [0.25, 0.3) is 0 Å². The van der Waals surface area contributed by atoms with Crippen molar-refractivity contribution in [2.24, 2.45) is 17.6 Å². The van der Waals surface area contributed by atoms with Crippen molar-refractivity contribution in [2.75, 3.05) is 0 Å². The first-order valence-corrected chi connectivity index (χ1v) is 7.66. The Bertz CT molecular complexity index is 280. The summed E-state index contributed by atoms with van der Waals surface area (Å²) in [5.41, 5.74) is 6.04. The van der Waals surface area contributed by atoms with Gasteiger partial charge < -0.3 is 10.5 Å². The molecule has 0 spiro atoms. The number of rotatable bonds is 3. The van der Waals surface area contributed by atoms with Gasteiger partial charge in [0.1, 0.15) is 6.10 Å². The zero-order valence-electron chi connectivity index (χ0n) is 11.6. The highest BCUT2D eigenvalue weighted by Gasteiger charge is 2.32. The highest BCUT2D eigenvalue weighted by molar-refractivity contribution is 5.73. The molecule has 2 saturated carbocycles. The number of nitrogens with two attached hydrogens (primary N) is 1. The van der Waals surface area contributed by atoms with Gasteiger partial charge in [-0.05, 0) is 38.0 Å². The van der Waals surface area contributed by atoms with Gasteiger partial charge in [0.05, 0.1) is 5.92 Å². The molecule has 0 amide bonds. The lowest BCUT2D eigenvalue weighted by molar-refractivity contribution is -0.158. The lowest BCUT2D eigenvalue weighted by atomic mass is 9.84. The monoisotopic (exact) mass is 253 g/mol. The van der Waals surface area contributed by atoms with E-state index in [4.69, 9.17) is 10.5 Å². The fourth-order valence-electron chi connectivity index (χ4n) is 3.42. The van der Waals surface area contributed by atoms with E-state index in [0.717, 1.165) is 44.4 Å². The van der Waals surface area contributed by atoms with Gasteiger partial charge in [-0.1, -0.05) is 32.6 Å². The Labute approximate surface area is 110 Å². The molecule has 0 aromatic heterocycles. The van der Waals surface area contributed by atoms with Crippen molar-refractivity contribution in [3.63, 3.8) is 0 Å². The molecule has 0 aromatic carbocycles. The van der Waals surface area contributed by atoms with Gasteiger partial charge >= 0.3 is 5.97 Å². The lowest BCUT2D eigenvalue weighted by Crippen LogP contribution is -2.40. The van der Waals surface area contributed by atoms with Crippen molar-refractivity contribution in [1.29, 1.82) is 0 Å². The first-order chi connectivity index (χ1) is 8.70. The zero-order chi connectivity index (χ0) is 13.0. The average molecular weight is 253 g/mol. The van der Waals surface area contributed by atoms with E-state index in [-0.39, 0.29) is 24.0 Å². The van der Waals surface area contributed by atoms with Gasteiger partial charge in [-0.2, -0.15) is 0 Å². The van der Waals surface area contributed by atoms with Gasteiger partial charge in [0, 0.05) is 6.04 Å². The van der Waals surface area contributed by atoms with E-state index in [1.54, 1.807) is 0 Å². The first kappa shape index (κ1) is 13.9. The third-order valence-corrected chi connectivity index (χ3v) is 4.72. The molecule has 2 rings (SSSR count).